The van der Waals surface area contributed by atoms with Crippen LogP contribution in [0.4, 0.5) is 4.79 Å². The van der Waals surface area contributed by atoms with Gasteiger partial charge in [-0.1, -0.05) is 24.8 Å². The maximum atomic E-state index is 11.5. The number of amides is 1. The molecule has 1 aromatic carbocycles. The lowest BCUT2D eigenvalue weighted by Crippen LogP contribution is -2.30. The van der Waals surface area contributed by atoms with Crippen LogP contribution in [0.25, 0.3) is 0 Å². The Morgan fingerprint density at radius 1 is 1.50 bits per heavy atom. The van der Waals surface area contributed by atoms with Gasteiger partial charge in [-0.3, -0.25) is 4.79 Å². The first-order chi connectivity index (χ1) is 9.56. The zero-order valence-corrected chi connectivity index (χ0v) is 11.2. The van der Waals surface area contributed by atoms with Gasteiger partial charge >= 0.3 is 12.1 Å². The minimum Gasteiger partial charge on any atom is -0.497 e. The Hall–Kier alpha value is -2.50. The molecule has 0 radical (unpaired) electrons. The number of carbonyl (C=O) groups is 2. The first-order valence-electron chi connectivity index (χ1n) is 5.96. The molecule has 1 rings (SSSR count). The lowest BCUT2D eigenvalue weighted by Gasteiger charge is -2.17. The molecular formula is C14H17NO5. The largest absolute Gasteiger partial charge is 0.497 e. The van der Waals surface area contributed by atoms with Crippen LogP contribution < -0.4 is 10.1 Å². The van der Waals surface area contributed by atoms with Crippen LogP contribution in [0.1, 0.15) is 18.0 Å². The highest BCUT2D eigenvalue weighted by Crippen LogP contribution is 2.21. The maximum Gasteiger partial charge on any atom is 0.407 e. The number of nitrogens with one attached hydrogen (secondary N) is 1. The number of carbonyl (C=O) groups excluding carboxylic acids is 1. The van der Waals surface area contributed by atoms with Crippen LogP contribution in [0.3, 0.4) is 0 Å². The molecule has 0 saturated heterocycles. The van der Waals surface area contributed by atoms with Crippen molar-refractivity contribution in [3.05, 3.63) is 42.5 Å². The number of methoxy groups -OCH3 is 1. The van der Waals surface area contributed by atoms with E-state index in [1.165, 1.54) is 13.2 Å². The number of rotatable bonds is 7. The van der Waals surface area contributed by atoms with E-state index in [1.54, 1.807) is 24.3 Å². The molecule has 20 heavy (non-hydrogen) atoms. The summed E-state index contributed by atoms with van der Waals surface area (Å²) in [5.41, 5.74) is 0.627. The highest BCUT2D eigenvalue weighted by atomic mass is 16.5. The number of alkyl carbamates (subject to hydrolysis) is 1. The fourth-order valence-corrected chi connectivity index (χ4v) is 1.60. The van der Waals surface area contributed by atoms with Crippen LogP contribution in [-0.2, 0) is 9.53 Å². The van der Waals surface area contributed by atoms with Crippen LogP contribution in [-0.4, -0.2) is 30.9 Å². The molecule has 0 aliphatic rings. The third kappa shape index (κ3) is 5.01. The maximum absolute atomic E-state index is 11.5. The van der Waals surface area contributed by atoms with E-state index in [0.717, 1.165) is 0 Å². The van der Waals surface area contributed by atoms with Gasteiger partial charge in [-0.15, -0.1) is 0 Å². The smallest absolute Gasteiger partial charge is 0.407 e. The van der Waals surface area contributed by atoms with Gasteiger partial charge in [0.1, 0.15) is 12.4 Å². The summed E-state index contributed by atoms with van der Waals surface area (Å²) in [6.45, 7) is 3.48. The molecule has 0 heterocycles. The van der Waals surface area contributed by atoms with Crippen LogP contribution in [0.5, 0.6) is 5.75 Å². The molecule has 0 aliphatic heterocycles. The number of aliphatic carboxylic acids is 1. The van der Waals surface area contributed by atoms with Gasteiger partial charge in [0.15, 0.2) is 0 Å². The van der Waals surface area contributed by atoms with Crippen LogP contribution in [0.15, 0.2) is 36.9 Å². The predicted molar refractivity (Wildman–Crippen MR) is 72.7 cm³/mol. The summed E-state index contributed by atoms with van der Waals surface area (Å²) < 4.78 is 9.86. The standard InChI is InChI=1S/C14H17NO5/c1-3-7-20-14(18)15-12(9-13(16)17)10-5-4-6-11(8-10)19-2/h3-6,8,12H,1,7,9H2,2H3,(H,15,18)(H,16,17). The van der Waals surface area contributed by atoms with Crippen molar-refractivity contribution in [2.45, 2.75) is 12.5 Å². The Morgan fingerprint density at radius 2 is 2.25 bits per heavy atom. The lowest BCUT2D eigenvalue weighted by molar-refractivity contribution is -0.137. The van der Waals surface area contributed by atoms with Gasteiger partial charge in [0.2, 0.25) is 0 Å². The molecule has 6 nitrogen and oxygen atoms in total. The van der Waals surface area contributed by atoms with E-state index >= 15 is 0 Å². The van der Waals surface area contributed by atoms with Crippen LogP contribution in [0.2, 0.25) is 0 Å². The van der Waals surface area contributed by atoms with Crippen LogP contribution >= 0.6 is 0 Å². The summed E-state index contributed by atoms with van der Waals surface area (Å²) in [6, 6.07) is 6.14. The molecule has 0 bridgehead atoms. The molecule has 1 atom stereocenters. The molecule has 0 saturated carbocycles. The second-order valence-electron chi connectivity index (χ2n) is 3.96. The summed E-state index contributed by atoms with van der Waals surface area (Å²) in [6.07, 6.45) is 0.479. The number of carboxylic acid groups (broad SMARTS) is 1. The molecule has 1 unspecified atom stereocenters. The minimum atomic E-state index is -1.03. The molecule has 2 N–H and O–H groups in total. The van der Waals surface area contributed by atoms with Crippen LogP contribution in [0, 0.1) is 0 Å². The zero-order chi connectivity index (χ0) is 15.0. The molecule has 1 amide bonds. The van der Waals surface area contributed by atoms with E-state index in [1.807, 2.05) is 0 Å². The summed E-state index contributed by atoms with van der Waals surface area (Å²) in [4.78, 5) is 22.4. The van der Waals surface area contributed by atoms with E-state index in [4.69, 9.17) is 14.6 Å². The lowest BCUT2D eigenvalue weighted by atomic mass is 10.0. The van der Waals surface area contributed by atoms with Gasteiger partial charge in [0.25, 0.3) is 0 Å². The monoisotopic (exact) mass is 279 g/mol. The quantitative estimate of drug-likeness (QED) is 0.747. The number of hydrogen-bond donors (Lipinski definition) is 2. The molecular weight excluding hydrogens is 262 g/mol. The average molecular weight is 279 g/mol. The molecule has 0 aliphatic carbocycles. The van der Waals surface area contributed by atoms with E-state index in [2.05, 4.69) is 11.9 Å². The molecule has 108 valence electrons. The Kier molecular flexibility index (Phi) is 6.09. The fourth-order valence-electron chi connectivity index (χ4n) is 1.60. The summed E-state index contributed by atoms with van der Waals surface area (Å²) in [5, 5.41) is 11.4. The Morgan fingerprint density at radius 3 is 2.85 bits per heavy atom. The molecule has 6 heteroatoms. The van der Waals surface area contributed by atoms with Gasteiger partial charge in [0, 0.05) is 0 Å². The fraction of sp³-hybridized carbons (Fsp3) is 0.286. The van der Waals surface area contributed by atoms with Gasteiger partial charge in [-0.05, 0) is 17.7 Å². The topological polar surface area (TPSA) is 84.9 Å². The van der Waals surface area contributed by atoms with Crippen molar-refractivity contribution >= 4 is 12.1 Å². The van der Waals surface area contributed by atoms with E-state index < -0.39 is 18.1 Å². The third-order valence-electron chi connectivity index (χ3n) is 2.50. The number of carboxylic acids is 1. The van der Waals surface area contributed by atoms with Crippen molar-refractivity contribution in [3.63, 3.8) is 0 Å². The van der Waals surface area contributed by atoms with Crippen molar-refractivity contribution in [2.24, 2.45) is 0 Å². The van der Waals surface area contributed by atoms with E-state index in [0.29, 0.717) is 11.3 Å². The van der Waals surface area contributed by atoms with Gasteiger partial charge < -0.3 is 19.9 Å². The highest BCUT2D eigenvalue weighted by Gasteiger charge is 2.19. The first-order valence-corrected chi connectivity index (χ1v) is 5.96. The summed E-state index contributed by atoms with van der Waals surface area (Å²) >= 11 is 0. The van der Waals surface area contributed by atoms with Gasteiger partial charge in [-0.25, -0.2) is 4.79 Å². The molecule has 1 aromatic rings. The predicted octanol–water partition coefficient (Wildman–Crippen LogP) is 2.12. The Balaban J connectivity index is 2.84. The SMILES string of the molecule is C=CCOC(=O)NC(CC(=O)O)c1cccc(OC)c1. The first kappa shape index (κ1) is 15.6. The van der Waals surface area contributed by atoms with Crippen molar-refractivity contribution in [2.75, 3.05) is 13.7 Å². The number of hydrogen-bond acceptors (Lipinski definition) is 4. The third-order valence-corrected chi connectivity index (χ3v) is 2.50. The van der Waals surface area contributed by atoms with Crippen molar-refractivity contribution in [1.82, 2.24) is 5.32 Å². The highest BCUT2D eigenvalue weighted by molar-refractivity contribution is 5.72. The summed E-state index contributed by atoms with van der Waals surface area (Å²) in [7, 11) is 1.51. The van der Waals surface area contributed by atoms with E-state index in [9.17, 15) is 9.59 Å². The molecule has 0 fully saturated rings. The summed E-state index contributed by atoms with van der Waals surface area (Å²) in [5.74, 6) is -0.444. The number of ether oxygens (including phenoxy) is 2. The average Bonchev–Trinajstić information content (AvgIpc) is 2.44. The molecule has 0 aromatic heterocycles. The molecule has 0 spiro atoms. The van der Waals surface area contributed by atoms with Crippen molar-refractivity contribution in [3.8, 4) is 5.75 Å². The Bertz CT molecular complexity index is 486. The van der Waals surface area contributed by atoms with Crippen molar-refractivity contribution < 1.29 is 24.2 Å². The zero-order valence-electron chi connectivity index (χ0n) is 11.2. The van der Waals surface area contributed by atoms with E-state index in [-0.39, 0.29) is 13.0 Å². The normalized spacial score (nSPS) is 11.2. The second kappa shape index (κ2) is 7.83. The van der Waals surface area contributed by atoms with Gasteiger partial charge in [-0.2, -0.15) is 0 Å². The second-order valence-corrected chi connectivity index (χ2v) is 3.96. The van der Waals surface area contributed by atoms with Gasteiger partial charge in [0.05, 0.1) is 19.6 Å². The minimum absolute atomic E-state index is 0.0593. The van der Waals surface area contributed by atoms with Crippen molar-refractivity contribution in [1.29, 1.82) is 0 Å². The number of benzene rings is 1. The Labute approximate surface area is 117 Å².